The highest BCUT2D eigenvalue weighted by Gasteiger charge is 2.24. The monoisotopic (exact) mass is 338 g/mol. The molecule has 0 radical (unpaired) electrons. The molecule has 1 aromatic heterocycles. The molecular weight excluding hydrogens is 323 g/mol. The van der Waals surface area contributed by atoms with E-state index in [1.54, 1.807) is 24.4 Å². The topological polar surface area (TPSA) is 33.2 Å². The van der Waals surface area contributed by atoms with Crippen LogP contribution in [0.5, 0.6) is 0 Å². The Kier molecular flexibility index (Phi) is 3.86. The van der Waals surface area contributed by atoms with Crippen LogP contribution in [0.15, 0.2) is 54.7 Å². The Morgan fingerprint density at radius 2 is 1.96 bits per heavy atom. The van der Waals surface area contributed by atoms with E-state index in [2.05, 4.69) is 11.1 Å². The summed E-state index contributed by atoms with van der Waals surface area (Å²) in [6.07, 6.45) is 2.86. The maximum atomic E-state index is 13.8. The molecule has 0 unspecified atom stereocenters. The minimum absolute atomic E-state index is 0.0590. The molecule has 4 rings (SSSR count). The van der Waals surface area contributed by atoms with Gasteiger partial charge in [0.15, 0.2) is 0 Å². The number of hydrogen-bond donors (Lipinski definition) is 0. The van der Waals surface area contributed by atoms with Crippen molar-refractivity contribution in [2.75, 3.05) is 11.4 Å². The van der Waals surface area contributed by atoms with Gasteiger partial charge in [-0.3, -0.25) is 4.79 Å². The average Bonchev–Trinajstić information content (AvgIpc) is 3.22. The lowest BCUT2D eigenvalue weighted by molar-refractivity contribution is -0.117. The molecule has 24 heavy (non-hydrogen) atoms. The molecule has 1 amide bonds. The highest BCUT2D eigenvalue weighted by atomic mass is 32.1. The minimum Gasteiger partial charge on any atom is -0.312 e. The Bertz CT molecular complexity index is 906. The van der Waals surface area contributed by atoms with Crippen molar-refractivity contribution in [1.82, 2.24) is 4.98 Å². The highest BCUT2D eigenvalue weighted by molar-refractivity contribution is 7.15. The molecule has 0 fully saturated rings. The second kappa shape index (κ2) is 6.17. The van der Waals surface area contributed by atoms with Gasteiger partial charge in [-0.1, -0.05) is 30.3 Å². The predicted octanol–water partition coefficient (Wildman–Crippen LogP) is 4.08. The van der Waals surface area contributed by atoms with Gasteiger partial charge in [-0.25, -0.2) is 9.37 Å². The summed E-state index contributed by atoms with van der Waals surface area (Å²) < 4.78 is 13.8. The fraction of sp³-hybridized carbons (Fsp3) is 0.158. The van der Waals surface area contributed by atoms with Gasteiger partial charge in [-0.2, -0.15) is 0 Å². The number of amides is 1. The fourth-order valence-corrected chi connectivity index (χ4v) is 3.92. The SMILES string of the molecule is O=C(Cc1cnc(-c2ccccc2F)s1)N1CCc2ccccc21. The molecule has 0 bridgehead atoms. The highest BCUT2D eigenvalue weighted by Crippen LogP contribution is 2.30. The fourth-order valence-electron chi connectivity index (χ4n) is 2.99. The number of rotatable bonds is 3. The van der Waals surface area contributed by atoms with E-state index in [0.29, 0.717) is 17.0 Å². The van der Waals surface area contributed by atoms with Crippen molar-refractivity contribution in [3.05, 3.63) is 71.0 Å². The molecule has 3 nitrogen and oxygen atoms in total. The lowest BCUT2D eigenvalue weighted by Gasteiger charge is -2.16. The van der Waals surface area contributed by atoms with Crippen LogP contribution in [0.2, 0.25) is 0 Å². The molecule has 1 aliphatic heterocycles. The van der Waals surface area contributed by atoms with Gasteiger partial charge in [0.1, 0.15) is 10.8 Å². The van der Waals surface area contributed by atoms with Crippen LogP contribution in [0.4, 0.5) is 10.1 Å². The lowest BCUT2D eigenvalue weighted by atomic mass is 10.2. The molecule has 3 aromatic rings. The first kappa shape index (κ1) is 15.0. The number of thiazole rings is 1. The van der Waals surface area contributed by atoms with E-state index in [4.69, 9.17) is 0 Å². The molecule has 0 saturated carbocycles. The first-order valence-electron chi connectivity index (χ1n) is 7.80. The number of fused-ring (bicyclic) bond motifs is 1. The first-order chi connectivity index (χ1) is 11.7. The van der Waals surface area contributed by atoms with Gasteiger partial charge >= 0.3 is 0 Å². The second-order valence-electron chi connectivity index (χ2n) is 5.71. The van der Waals surface area contributed by atoms with Crippen LogP contribution < -0.4 is 4.90 Å². The van der Waals surface area contributed by atoms with Crippen LogP contribution >= 0.6 is 11.3 Å². The molecule has 120 valence electrons. The number of para-hydroxylation sites is 1. The zero-order chi connectivity index (χ0) is 16.5. The summed E-state index contributed by atoms with van der Waals surface area (Å²) in [5.41, 5.74) is 2.69. The number of anilines is 1. The van der Waals surface area contributed by atoms with Crippen molar-refractivity contribution in [1.29, 1.82) is 0 Å². The van der Waals surface area contributed by atoms with E-state index in [-0.39, 0.29) is 11.7 Å². The summed E-state index contributed by atoms with van der Waals surface area (Å²) in [7, 11) is 0. The van der Waals surface area contributed by atoms with Crippen molar-refractivity contribution in [2.45, 2.75) is 12.8 Å². The van der Waals surface area contributed by atoms with E-state index in [0.717, 1.165) is 23.5 Å². The van der Waals surface area contributed by atoms with Crippen molar-refractivity contribution in [3.8, 4) is 10.6 Å². The summed E-state index contributed by atoms with van der Waals surface area (Å²) >= 11 is 1.37. The molecule has 2 heterocycles. The number of aromatic nitrogens is 1. The van der Waals surface area contributed by atoms with Crippen molar-refractivity contribution in [3.63, 3.8) is 0 Å². The number of hydrogen-bond acceptors (Lipinski definition) is 3. The van der Waals surface area contributed by atoms with Crippen LogP contribution in [0.3, 0.4) is 0 Å². The summed E-state index contributed by atoms with van der Waals surface area (Å²) in [5.74, 6) is -0.234. The van der Waals surface area contributed by atoms with E-state index in [9.17, 15) is 9.18 Å². The van der Waals surface area contributed by atoms with Gasteiger partial charge in [0.25, 0.3) is 0 Å². The van der Waals surface area contributed by atoms with Crippen LogP contribution in [-0.4, -0.2) is 17.4 Å². The number of carbonyl (C=O) groups excluding carboxylic acids is 1. The predicted molar refractivity (Wildman–Crippen MR) is 93.7 cm³/mol. The molecule has 1 aliphatic rings. The van der Waals surface area contributed by atoms with E-state index in [1.807, 2.05) is 23.1 Å². The quantitative estimate of drug-likeness (QED) is 0.721. The average molecular weight is 338 g/mol. The maximum absolute atomic E-state index is 13.8. The van der Waals surface area contributed by atoms with Crippen LogP contribution in [-0.2, 0) is 17.6 Å². The van der Waals surface area contributed by atoms with Gasteiger partial charge in [0.05, 0.1) is 6.42 Å². The van der Waals surface area contributed by atoms with E-state index >= 15 is 0 Å². The molecule has 0 spiro atoms. The maximum Gasteiger partial charge on any atom is 0.232 e. The summed E-state index contributed by atoms with van der Waals surface area (Å²) in [4.78, 5) is 19.6. The van der Waals surface area contributed by atoms with Gasteiger partial charge in [-0.15, -0.1) is 11.3 Å². The van der Waals surface area contributed by atoms with E-state index in [1.165, 1.54) is 23.0 Å². The Labute approximate surface area is 143 Å². The lowest BCUT2D eigenvalue weighted by Crippen LogP contribution is -2.30. The molecule has 5 heteroatoms. The summed E-state index contributed by atoms with van der Waals surface area (Å²) in [5, 5.41) is 0.609. The van der Waals surface area contributed by atoms with Gasteiger partial charge in [0, 0.05) is 28.9 Å². The first-order valence-corrected chi connectivity index (χ1v) is 8.62. The van der Waals surface area contributed by atoms with Gasteiger partial charge in [-0.05, 0) is 30.2 Å². The Balaban J connectivity index is 1.53. The molecule has 0 saturated heterocycles. The van der Waals surface area contributed by atoms with Crippen LogP contribution in [0, 0.1) is 5.82 Å². The Morgan fingerprint density at radius 3 is 2.83 bits per heavy atom. The standard InChI is InChI=1S/C19H15FN2OS/c20-16-7-3-2-6-15(16)19-21-12-14(24-19)11-18(23)22-10-9-13-5-1-4-8-17(13)22/h1-8,12H,9-11H2. The minimum atomic E-state index is -0.293. The van der Waals surface area contributed by atoms with Gasteiger partial charge < -0.3 is 4.90 Å². The number of benzene rings is 2. The number of halogens is 1. The zero-order valence-corrected chi connectivity index (χ0v) is 13.7. The molecule has 0 N–H and O–H groups in total. The normalized spacial score (nSPS) is 13.1. The molecule has 2 aromatic carbocycles. The van der Waals surface area contributed by atoms with Crippen molar-refractivity contribution < 1.29 is 9.18 Å². The summed E-state index contributed by atoms with van der Waals surface area (Å²) in [6.45, 7) is 0.719. The molecule has 0 aliphatic carbocycles. The largest absolute Gasteiger partial charge is 0.312 e. The van der Waals surface area contributed by atoms with Crippen molar-refractivity contribution in [2.24, 2.45) is 0 Å². The third kappa shape index (κ3) is 2.71. The molecular formula is C19H15FN2OS. The second-order valence-corrected chi connectivity index (χ2v) is 6.83. The number of carbonyl (C=O) groups is 1. The van der Waals surface area contributed by atoms with Crippen LogP contribution in [0.25, 0.3) is 10.6 Å². The Hall–Kier alpha value is -2.53. The van der Waals surface area contributed by atoms with Gasteiger partial charge in [0.2, 0.25) is 5.91 Å². The third-order valence-electron chi connectivity index (χ3n) is 4.17. The van der Waals surface area contributed by atoms with Crippen molar-refractivity contribution >= 4 is 22.9 Å². The zero-order valence-electron chi connectivity index (χ0n) is 12.9. The van der Waals surface area contributed by atoms with E-state index < -0.39 is 0 Å². The Morgan fingerprint density at radius 1 is 1.17 bits per heavy atom. The number of nitrogens with zero attached hydrogens (tertiary/aromatic N) is 2. The molecule has 0 atom stereocenters. The third-order valence-corrected chi connectivity index (χ3v) is 5.20. The van der Waals surface area contributed by atoms with Crippen LogP contribution in [0.1, 0.15) is 10.4 Å². The summed E-state index contributed by atoms with van der Waals surface area (Å²) in [6, 6.07) is 14.6. The smallest absolute Gasteiger partial charge is 0.232 e.